The number of hydrogen-bond acceptors (Lipinski definition) is 4. The maximum Gasteiger partial charge on any atom is 0.272 e. The van der Waals surface area contributed by atoms with Crippen molar-refractivity contribution >= 4 is 17.5 Å². The summed E-state index contributed by atoms with van der Waals surface area (Å²) in [5.74, 6) is -0.183. The Morgan fingerprint density at radius 1 is 1.29 bits per heavy atom. The Balaban J connectivity index is 1.68. The molecule has 24 heavy (non-hydrogen) atoms. The zero-order valence-corrected chi connectivity index (χ0v) is 13.9. The largest absolute Gasteiger partial charge is 0.333 e. The van der Waals surface area contributed by atoms with Crippen LogP contribution in [0.15, 0.2) is 48.7 Å². The Morgan fingerprint density at radius 3 is 2.79 bits per heavy atom. The monoisotopic (exact) mass is 340 g/mol. The lowest BCUT2D eigenvalue weighted by molar-refractivity contribution is 0.0547. The van der Waals surface area contributed by atoms with Crippen molar-refractivity contribution in [3.63, 3.8) is 0 Å². The lowest BCUT2D eigenvalue weighted by Gasteiger charge is -2.38. The molecule has 1 saturated heterocycles. The highest BCUT2D eigenvalue weighted by atomic mass is 35.5. The van der Waals surface area contributed by atoms with E-state index in [0.717, 1.165) is 5.56 Å². The van der Waals surface area contributed by atoms with Crippen LogP contribution in [0, 0.1) is 11.3 Å². The van der Waals surface area contributed by atoms with Crippen LogP contribution in [0.4, 0.5) is 0 Å². The van der Waals surface area contributed by atoms with Gasteiger partial charge in [0.05, 0.1) is 12.6 Å². The van der Waals surface area contributed by atoms with Crippen molar-refractivity contribution in [2.75, 3.05) is 19.6 Å². The summed E-state index contributed by atoms with van der Waals surface area (Å²) >= 11 is 5.93. The fraction of sp³-hybridized carbons (Fsp3) is 0.278. The van der Waals surface area contributed by atoms with Crippen molar-refractivity contribution in [3.05, 3.63) is 64.9 Å². The van der Waals surface area contributed by atoms with E-state index in [1.165, 1.54) is 6.20 Å². The number of rotatable bonds is 3. The van der Waals surface area contributed by atoms with Gasteiger partial charge in [-0.3, -0.25) is 14.7 Å². The summed E-state index contributed by atoms with van der Waals surface area (Å²) in [6, 6.07) is 15.2. The van der Waals surface area contributed by atoms with Crippen molar-refractivity contribution in [1.82, 2.24) is 14.8 Å². The molecule has 1 aliphatic rings. The third kappa shape index (κ3) is 3.73. The minimum Gasteiger partial charge on any atom is -0.333 e. The fourth-order valence-electron chi connectivity index (χ4n) is 2.82. The smallest absolute Gasteiger partial charge is 0.272 e. The van der Waals surface area contributed by atoms with E-state index in [0.29, 0.717) is 36.9 Å². The van der Waals surface area contributed by atoms with Crippen molar-refractivity contribution in [2.24, 2.45) is 0 Å². The van der Waals surface area contributed by atoms with Gasteiger partial charge < -0.3 is 4.90 Å². The van der Waals surface area contributed by atoms with Gasteiger partial charge in [0.2, 0.25) is 0 Å². The summed E-state index contributed by atoms with van der Waals surface area (Å²) in [6.45, 7) is 2.30. The van der Waals surface area contributed by atoms with Crippen LogP contribution in [0.5, 0.6) is 0 Å². The van der Waals surface area contributed by atoms with E-state index in [4.69, 9.17) is 11.6 Å². The minimum absolute atomic E-state index is 0.183. The van der Waals surface area contributed by atoms with Crippen LogP contribution >= 0.6 is 11.6 Å². The Morgan fingerprint density at radius 2 is 2.08 bits per heavy atom. The Labute approximate surface area is 146 Å². The van der Waals surface area contributed by atoms with Gasteiger partial charge in [-0.2, -0.15) is 5.26 Å². The molecule has 1 aromatic heterocycles. The first-order chi connectivity index (χ1) is 11.7. The second kappa shape index (κ2) is 7.43. The van der Waals surface area contributed by atoms with E-state index >= 15 is 0 Å². The summed E-state index contributed by atoms with van der Waals surface area (Å²) < 4.78 is 0. The molecule has 2 heterocycles. The molecule has 5 nitrogen and oxygen atoms in total. The average molecular weight is 341 g/mol. The van der Waals surface area contributed by atoms with Crippen molar-refractivity contribution < 1.29 is 4.79 Å². The highest BCUT2D eigenvalue weighted by molar-refractivity contribution is 6.30. The topological polar surface area (TPSA) is 60.2 Å². The summed E-state index contributed by atoms with van der Waals surface area (Å²) in [5.41, 5.74) is 1.48. The number of carbonyl (C=O) groups is 1. The zero-order valence-electron chi connectivity index (χ0n) is 13.1. The molecule has 0 unspecified atom stereocenters. The molecule has 0 spiro atoms. The Kier molecular flexibility index (Phi) is 5.09. The number of pyridine rings is 1. The maximum atomic E-state index is 12.6. The van der Waals surface area contributed by atoms with Crippen LogP contribution in [-0.4, -0.2) is 46.4 Å². The highest BCUT2D eigenvalue weighted by Gasteiger charge is 2.30. The van der Waals surface area contributed by atoms with Gasteiger partial charge in [-0.1, -0.05) is 41.9 Å². The third-order valence-corrected chi connectivity index (χ3v) is 4.33. The van der Waals surface area contributed by atoms with Crippen molar-refractivity contribution in [3.8, 4) is 6.07 Å². The highest BCUT2D eigenvalue weighted by Crippen LogP contribution is 2.17. The van der Waals surface area contributed by atoms with Crippen LogP contribution in [0.2, 0.25) is 5.02 Å². The molecule has 6 heteroatoms. The van der Waals surface area contributed by atoms with Gasteiger partial charge in [0.25, 0.3) is 5.91 Å². The van der Waals surface area contributed by atoms with Crippen LogP contribution in [0.25, 0.3) is 0 Å². The molecule has 1 amide bonds. The number of nitriles is 1. The second-order valence-electron chi connectivity index (χ2n) is 5.71. The van der Waals surface area contributed by atoms with Gasteiger partial charge in [0.15, 0.2) is 0 Å². The number of nitrogens with zero attached hydrogens (tertiary/aromatic N) is 4. The van der Waals surface area contributed by atoms with Gasteiger partial charge >= 0.3 is 0 Å². The van der Waals surface area contributed by atoms with Crippen LogP contribution in [0.3, 0.4) is 0 Å². The number of carbonyl (C=O) groups excluding carboxylic acids is 1. The molecule has 1 atom stereocenters. The zero-order chi connectivity index (χ0) is 16.9. The number of piperazine rings is 1. The van der Waals surface area contributed by atoms with Crippen LogP contribution < -0.4 is 0 Å². The minimum atomic E-state index is -0.331. The Hall–Kier alpha value is -2.42. The maximum absolute atomic E-state index is 12.6. The van der Waals surface area contributed by atoms with E-state index in [2.05, 4.69) is 16.0 Å². The lowest BCUT2D eigenvalue weighted by atomic mass is 10.1. The standard InChI is InChI=1S/C18H17ClN4O/c19-15-6-7-21-17(10-15)18(24)23-9-8-22(16(11-20)13-23)12-14-4-2-1-3-5-14/h1-7,10,16H,8-9,12-13H2/t16-/m0/s1. The summed E-state index contributed by atoms with van der Waals surface area (Å²) in [5, 5.41) is 9.97. The van der Waals surface area contributed by atoms with Crippen molar-refractivity contribution in [1.29, 1.82) is 5.26 Å². The molecule has 2 aromatic rings. The normalized spacial score (nSPS) is 18.2. The van der Waals surface area contributed by atoms with E-state index in [1.807, 2.05) is 30.3 Å². The van der Waals surface area contributed by atoms with E-state index in [9.17, 15) is 10.1 Å². The van der Waals surface area contributed by atoms with Gasteiger partial charge in [-0.15, -0.1) is 0 Å². The number of benzene rings is 1. The molecule has 0 aliphatic carbocycles. The first-order valence-corrected chi connectivity index (χ1v) is 8.13. The van der Waals surface area contributed by atoms with Gasteiger partial charge in [0, 0.05) is 30.9 Å². The summed E-state index contributed by atoms with van der Waals surface area (Å²) in [4.78, 5) is 20.4. The van der Waals surface area contributed by atoms with Crippen LogP contribution in [-0.2, 0) is 6.54 Å². The Bertz CT molecular complexity index is 759. The fourth-order valence-corrected chi connectivity index (χ4v) is 2.98. The van der Waals surface area contributed by atoms with Crippen molar-refractivity contribution in [2.45, 2.75) is 12.6 Å². The summed E-state index contributed by atoms with van der Waals surface area (Å²) in [7, 11) is 0. The van der Waals surface area contributed by atoms with E-state index < -0.39 is 0 Å². The number of aromatic nitrogens is 1. The van der Waals surface area contributed by atoms with Gasteiger partial charge in [-0.05, 0) is 17.7 Å². The lowest BCUT2D eigenvalue weighted by Crippen LogP contribution is -2.53. The van der Waals surface area contributed by atoms with E-state index in [1.54, 1.807) is 17.0 Å². The average Bonchev–Trinajstić information content (AvgIpc) is 2.62. The predicted molar refractivity (Wildman–Crippen MR) is 91.4 cm³/mol. The molecule has 3 rings (SSSR count). The number of halogens is 1. The SMILES string of the molecule is N#C[C@H]1CN(C(=O)c2cc(Cl)ccn2)CCN1Cc1ccccc1. The summed E-state index contributed by atoms with van der Waals surface area (Å²) in [6.07, 6.45) is 1.52. The molecule has 122 valence electrons. The molecule has 1 fully saturated rings. The quantitative estimate of drug-likeness (QED) is 0.861. The third-order valence-electron chi connectivity index (χ3n) is 4.10. The molecular formula is C18H17ClN4O. The van der Waals surface area contributed by atoms with Gasteiger partial charge in [-0.25, -0.2) is 0 Å². The molecule has 1 aromatic carbocycles. The number of hydrogen-bond donors (Lipinski definition) is 0. The first-order valence-electron chi connectivity index (χ1n) is 7.76. The molecule has 0 radical (unpaired) electrons. The van der Waals surface area contributed by atoms with Gasteiger partial charge in [0.1, 0.15) is 11.7 Å². The van der Waals surface area contributed by atoms with Crippen LogP contribution in [0.1, 0.15) is 16.1 Å². The first kappa shape index (κ1) is 16.4. The molecule has 0 N–H and O–H groups in total. The predicted octanol–water partition coefficient (Wildman–Crippen LogP) is 2.59. The van der Waals surface area contributed by atoms with E-state index in [-0.39, 0.29) is 11.9 Å². The molecule has 0 saturated carbocycles. The second-order valence-corrected chi connectivity index (χ2v) is 6.15. The molecular weight excluding hydrogens is 324 g/mol. The number of amides is 1. The molecule has 1 aliphatic heterocycles. The molecule has 0 bridgehead atoms.